The van der Waals surface area contributed by atoms with Gasteiger partial charge in [-0.1, -0.05) is 30.3 Å². The van der Waals surface area contributed by atoms with E-state index >= 15 is 0 Å². The van der Waals surface area contributed by atoms with Gasteiger partial charge in [-0.05, 0) is 43.7 Å². The molecule has 31 heavy (non-hydrogen) atoms. The highest BCUT2D eigenvalue weighted by atomic mass is 15.2. The van der Waals surface area contributed by atoms with Gasteiger partial charge in [0.05, 0.1) is 16.8 Å². The largest absolute Gasteiger partial charge is 0.351 e. The van der Waals surface area contributed by atoms with Crippen molar-refractivity contribution in [1.29, 1.82) is 0 Å². The van der Waals surface area contributed by atoms with Crippen LogP contribution in [0.4, 0.5) is 5.95 Å². The van der Waals surface area contributed by atoms with Crippen LogP contribution in [0.5, 0.6) is 0 Å². The molecule has 1 saturated carbocycles. The number of aromatic amines is 1. The first-order valence-corrected chi connectivity index (χ1v) is 10.8. The third-order valence-electron chi connectivity index (χ3n) is 5.86. The Bertz CT molecular complexity index is 1150. The monoisotopic (exact) mass is 414 g/mol. The predicted molar refractivity (Wildman–Crippen MR) is 120 cm³/mol. The average molecular weight is 415 g/mol. The molecule has 0 aliphatic heterocycles. The van der Waals surface area contributed by atoms with Crippen LogP contribution in [0.25, 0.3) is 22.4 Å². The number of nitrogens with two attached hydrogens (primary N) is 1. The van der Waals surface area contributed by atoms with E-state index in [0.717, 1.165) is 61.1 Å². The minimum absolute atomic E-state index is 0.320. The Balaban J connectivity index is 1.32. The number of aromatic nitrogens is 6. The van der Waals surface area contributed by atoms with Gasteiger partial charge in [0.25, 0.3) is 0 Å². The van der Waals surface area contributed by atoms with E-state index in [2.05, 4.69) is 54.7 Å². The summed E-state index contributed by atoms with van der Waals surface area (Å²) in [6, 6.07) is 12.9. The summed E-state index contributed by atoms with van der Waals surface area (Å²) in [5, 5.41) is 11.7. The molecule has 158 valence electrons. The lowest BCUT2D eigenvalue weighted by Gasteiger charge is -2.26. The van der Waals surface area contributed by atoms with E-state index < -0.39 is 0 Å². The second-order valence-corrected chi connectivity index (χ2v) is 8.13. The predicted octanol–water partition coefficient (Wildman–Crippen LogP) is 3.28. The molecule has 8 heteroatoms. The highest BCUT2D eigenvalue weighted by Gasteiger charge is 2.20. The third kappa shape index (κ3) is 4.54. The maximum Gasteiger partial charge on any atom is 0.224 e. The van der Waals surface area contributed by atoms with E-state index in [0.29, 0.717) is 23.7 Å². The van der Waals surface area contributed by atoms with Gasteiger partial charge in [0, 0.05) is 30.9 Å². The molecular formula is C23H26N8. The number of H-pyrrole nitrogens is 1. The number of nitrogens with one attached hydrogen (secondary N) is 2. The van der Waals surface area contributed by atoms with Crippen LogP contribution in [0.1, 0.15) is 37.1 Å². The van der Waals surface area contributed by atoms with Gasteiger partial charge in [-0.25, -0.2) is 15.0 Å². The summed E-state index contributed by atoms with van der Waals surface area (Å²) >= 11 is 0. The Labute approximate surface area is 180 Å². The molecule has 5 rings (SSSR count). The summed E-state index contributed by atoms with van der Waals surface area (Å²) in [5.41, 5.74) is 9.51. The lowest BCUT2D eigenvalue weighted by molar-refractivity contribution is 0.410. The molecule has 0 unspecified atom stereocenters. The molecule has 3 aromatic heterocycles. The van der Waals surface area contributed by atoms with Crippen molar-refractivity contribution >= 4 is 17.0 Å². The summed E-state index contributed by atoms with van der Waals surface area (Å²) in [4.78, 5) is 18.3. The topological polar surface area (TPSA) is 118 Å². The molecule has 4 N–H and O–H groups in total. The molecule has 0 amide bonds. The summed E-state index contributed by atoms with van der Waals surface area (Å²) in [6.07, 6.45) is 9.43. The molecule has 0 radical (unpaired) electrons. The first kappa shape index (κ1) is 19.6. The van der Waals surface area contributed by atoms with Gasteiger partial charge < -0.3 is 11.1 Å². The summed E-state index contributed by atoms with van der Waals surface area (Å²) in [6.45, 7) is 0. The number of benzene rings is 1. The lowest BCUT2D eigenvalue weighted by Crippen LogP contribution is -2.33. The normalized spacial score (nSPS) is 18.9. The smallest absolute Gasteiger partial charge is 0.224 e. The number of hydrogen-bond acceptors (Lipinski definition) is 7. The van der Waals surface area contributed by atoms with Crippen molar-refractivity contribution in [3.63, 3.8) is 0 Å². The highest BCUT2D eigenvalue weighted by molar-refractivity contribution is 5.89. The molecule has 0 saturated heterocycles. The van der Waals surface area contributed by atoms with Crippen LogP contribution in [0.15, 0.2) is 48.8 Å². The van der Waals surface area contributed by atoms with Gasteiger partial charge in [-0.3, -0.25) is 5.10 Å². The fourth-order valence-corrected chi connectivity index (χ4v) is 4.07. The van der Waals surface area contributed by atoms with Gasteiger partial charge >= 0.3 is 0 Å². The molecule has 0 atom stereocenters. The standard InChI is InChI=1S/C23H26N8/c24-16-7-9-17(10-8-16)27-23-26-14-18-21(30-31-22(18)29-23)19-12-13-25-20(28-19)11-6-15-4-2-1-3-5-15/h1-5,12-14,16-17H,6-11,24H2,(H2,26,27,29,30,31). The fraction of sp³-hybridized carbons (Fsp3) is 0.348. The molecule has 1 aliphatic rings. The second kappa shape index (κ2) is 8.77. The molecule has 1 fully saturated rings. The molecule has 1 aliphatic carbocycles. The Morgan fingerprint density at radius 2 is 1.81 bits per heavy atom. The number of nitrogens with zero attached hydrogens (tertiary/aromatic N) is 5. The fourth-order valence-electron chi connectivity index (χ4n) is 4.07. The van der Waals surface area contributed by atoms with Crippen molar-refractivity contribution in [2.45, 2.75) is 50.6 Å². The minimum atomic E-state index is 0.320. The first-order valence-electron chi connectivity index (χ1n) is 10.8. The Kier molecular flexibility index (Phi) is 5.54. The van der Waals surface area contributed by atoms with Gasteiger partial charge in [0.15, 0.2) is 5.65 Å². The zero-order valence-corrected chi connectivity index (χ0v) is 17.3. The Morgan fingerprint density at radius 3 is 2.65 bits per heavy atom. The van der Waals surface area contributed by atoms with E-state index in [9.17, 15) is 0 Å². The van der Waals surface area contributed by atoms with Crippen molar-refractivity contribution in [3.05, 3.63) is 60.2 Å². The van der Waals surface area contributed by atoms with Gasteiger partial charge in [0.1, 0.15) is 5.82 Å². The number of rotatable bonds is 6. The third-order valence-corrected chi connectivity index (χ3v) is 5.86. The van der Waals surface area contributed by atoms with E-state index in [1.807, 2.05) is 18.3 Å². The Morgan fingerprint density at radius 1 is 0.968 bits per heavy atom. The second-order valence-electron chi connectivity index (χ2n) is 8.13. The first-order chi connectivity index (χ1) is 15.2. The molecule has 8 nitrogen and oxygen atoms in total. The van der Waals surface area contributed by atoms with Crippen LogP contribution in [0.2, 0.25) is 0 Å². The van der Waals surface area contributed by atoms with E-state index in [1.54, 1.807) is 6.20 Å². The van der Waals surface area contributed by atoms with Crippen LogP contribution in [0, 0.1) is 0 Å². The van der Waals surface area contributed by atoms with E-state index in [4.69, 9.17) is 10.7 Å². The van der Waals surface area contributed by atoms with Crippen LogP contribution < -0.4 is 11.1 Å². The van der Waals surface area contributed by atoms with Crippen molar-refractivity contribution in [2.75, 3.05) is 5.32 Å². The average Bonchev–Trinajstić information content (AvgIpc) is 3.23. The Hall–Kier alpha value is -3.39. The number of aryl methyl sites for hydroxylation is 2. The van der Waals surface area contributed by atoms with Crippen molar-refractivity contribution in [3.8, 4) is 11.4 Å². The van der Waals surface area contributed by atoms with Crippen molar-refractivity contribution in [1.82, 2.24) is 30.1 Å². The SMILES string of the molecule is NC1CCC(Nc2ncc3c(-c4ccnc(CCc5ccccc5)n4)[nH]nc3n2)CC1. The summed E-state index contributed by atoms with van der Waals surface area (Å²) in [7, 11) is 0. The number of fused-ring (bicyclic) bond motifs is 1. The molecular weight excluding hydrogens is 388 g/mol. The summed E-state index contributed by atoms with van der Waals surface area (Å²) < 4.78 is 0. The van der Waals surface area contributed by atoms with Gasteiger partial charge in [0.2, 0.25) is 5.95 Å². The van der Waals surface area contributed by atoms with Crippen LogP contribution >= 0.6 is 0 Å². The minimum Gasteiger partial charge on any atom is -0.351 e. The summed E-state index contributed by atoms with van der Waals surface area (Å²) in [5.74, 6) is 1.41. The van der Waals surface area contributed by atoms with E-state index in [1.165, 1.54) is 5.56 Å². The highest BCUT2D eigenvalue weighted by Crippen LogP contribution is 2.25. The molecule has 1 aromatic carbocycles. The van der Waals surface area contributed by atoms with Crippen molar-refractivity contribution < 1.29 is 0 Å². The maximum atomic E-state index is 6.00. The number of anilines is 1. The van der Waals surface area contributed by atoms with Crippen molar-refractivity contribution in [2.24, 2.45) is 5.73 Å². The van der Waals surface area contributed by atoms with Crippen LogP contribution in [0.3, 0.4) is 0 Å². The maximum absolute atomic E-state index is 6.00. The zero-order chi connectivity index (χ0) is 21.0. The molecule has 0 spiro atoms. The van der Waals surface area contributed by atoms with Crippen LogP contribution in [-0.4, -0.2) is 42.2 Å². The lowest BCUT2D eigenvalue weighted by atomic mass is 9.92. The quantitative estimate of drug-likeness (QED) is 0.443. The number of hydrogen-bond donors (Lipinski definition) is 3. The van der Waals surface area contributed by atoms with Crippen LogP contribution in [-0.2, 0) is 12.8 Å². The van der Waals surface area contributed by atoms with Gasteiger partial charge in [-0.2, -0.15) is 10.1 Å². The molecule has 4 aromatic rings. The van der Waals surface area contributed by atoms with Gasteiger partial charge in [-0.15, -0.1) is 0 Å². The molecule has 3 heterocycles. The molecule has 0 bridgehead atoms. The zero-order valence-electron chi connectivity index (χ0n) is 17.3. The van der Waals surface area contributed by atoms with E-state index in [-0.39, 0.29) is 0 Å².